The van der Waals surface area contributed by atoms with Gasteiger partial charge in [0.15, 0.2) is 0 Å². The number of nitrogens with one attached hydrogen (secondary N) is 1. The topological polar surface area (TPSA) is 86.8 Å². The third-order valence-corrected chi connectivity index (χ3v) is 9.61. The molecule has 0 radical (unpaired) electrons. The number of benzene rings is 4. The number of hydrogen-bond acceptors (Lipinski definition) is 4. The first-order valence-electron chi connectivity index (χ1n) is 13.9. The van der Waals surface area contributed by atoms with Crippen molar-refractivity contribution >= 4 is 62.3 Å². The predicted molar refractivity (Wildman–Crippen MR) is 177 cm³/mol. The Morgan fingerprint density at radius 3 is 2.07 bits per heavy atom. The summed E-state index contributed by atoms with van der Waals surface area (Å²) < 4.78 is 29.2. The molecule has 0 aliphatic heterocycles. The summed E-state index contributed by atoms with van der Waals surface area (Å²) in [4.78, 5) is 29.4. The summed E-state index contributed by atoms with van der Waals surface area (Å²) >= 11 is 18.9. The van der Waals surface area contributed by atoms with Crippen molar-refractivity contribution in [2.24, 2.45) is 0 Å². The first kappa shape index (κ1) is 33.3. The molecule has 230 valence electrons. The third kappa shape index (κ3) is 8.12. The van der Waals surface area contributed by atoms with Crippen LogP contribution in [0.2, 0.25) is 15.1 Å². The number of carbonyl (C=O) groups excluding carboxylic acids is 2. The lowest BCUT2D eigenvalue weighted by Gasteiger charge is -2.34. The number of amides is 2. The van der Waals surface area contributed by atoms with Gasteiger partial charge in [0.1, 0.15) is 12.6 Å². The van der Waals surface area contributed by atoms with Crippen LogP contribution in [0.3, 0.4) is 0 Å². The van der Waals surface area contributed by atoms with Crippen LogP contribution in [0.1, 0.15) is 23.6 Å². The van der Waals surface area contributed by atoms with E-state index in [9.17, 15) is 18.0 Å². The van der Waals surface area contributed by atoms with Crippen molar-refractivity contribution < 1.29 is 18.0 Å². The minimum Gasteiger partial charge on any atom is -0.355 e. The average molecular weight is 673 g/mol. The molecule has 2 amide bonds. The number of likely N-dealkylation sites (N-methyl/N-ethyl adjacent to an activating group) is 1. The summed E-state index contributed by atoms with van der Waals surface area (Å²) in [6, 6.07) is 25.8. The number of rotatable bonds is 12. The second kappa shape index (κ2) is 14.9. The number of aryl methyl sites for hydroxylation is 1. The molecule has 0 saturated carbocycles. The van der Waals surface area contributed by atoms with Crippen molar-refractivity contribution in [2.45, 2.75) is 37.8 Å². The third-order valence-electron chi connectivity index (χ3n) is 7.02. The maximum atomic E-state index is 14.5. The van der Waals surface area contributed by atoms with Crippen LogP contribution in [-0.4, -0.2) is 44.3 Å². The first-order chi connectivity index (χ1) is 21.0. The van der Waals surface area contributed by atoms with Crippen molar-refractivity contribution in [3.63, 3.8) is 0 Å². The highest BCUT2D eigenvalue weighted by Gasteiger charge is 2.35. The molecule has 4 aromatic rings. The summed E-state index contributed by atoms with van der Waals surface area (Å²) in [7, 11) is -4.22. The standard InChI is InChI=1S/C33H32Cl3N3O4S/c1-3-37-33(41)31(19-24-10-6-4-7-11-24)38(21-25-14-15-27(35)20-29(25)36)32(40)22-39(30-17-16-26(34)18-23(30)2)44(42,43)28-12-8-5-9-13-28/h4-18,20,31H,3,19,21-22H2,1-2H3,(H,37,41)/t31-/m0/s1. The number of anilines is 1. The number of halogens is 3. The molecule has 4 aromatic carbocycles. The van der Waals surface area contributed by atoms with Crippen molar-refractivity contribution in [3.8, 4) is 0 Å². The molecule has 4 rings (SSSR count). The van der Waals surface area contributed by atoms with Crippen LogP contribution in [0, 0.1) is 6.92 Å². The lowest BCUT2D eigenvalue weighted by Crippen LogP contribution is -2.53. The van der Waals surface area contributed by atoms with Crippen LogP contribution < -0.4 is 9.62 Å². The van der Waals surface area contributed by atoms with Crippen molar-refractivity contribution in [3.05, 3.63) is 129 Å². The number of nitrogens with zero attached hydrogens (tertiary/aromatic N) is 2. The molecule has 0 bridgehead atoms. The quantitative estimate of drug-likeness (QED) is 0.177. The van der Waals surface area contributed by atoms with Crippen LogP contribution in [-0.2, 0) is 32.6 Å². The van der Waals surface area contributed by atoms with E-state index in [0.717, 1.165) is 9.87 Å². The van der Waals surface area contributed by atoms with Gasteiger partial charge in [-0.25, -0.2) is 8.42 Å². The maximum absolute atomic E-state index is 14.5. The summed E-state index contributed by atoms with van der Waals surface area (Å²) in [5.74, 6) is -0.980. The fraction of sp³-hybridized carbons (Fsp3) is 0.212. The van der Waals surface area contributed by atoms with Gasteiger partial charge in [-0.2, -0.15) is 0 Å². The number of hydrogen-bond donors (Lipinski definition) is 1. The Labute approximate surface area is 273 Å². The molecule has 0 heterocycles. The van der Waals surface area contributed by atoms with E-state index in [1.165, 1.54) is 17.0 Å². The molecule has 0 saturated heterocycles. The Hall–Kier alpha value is -3.56. The van der Waals surface area contributed by atoms with E-state index in [-0.39, 0.29) is 29.5 Å². The molecule has 0 unspecified atom stereocenters. The minimum atomic E-state index is -4.22. The molecule has 11 heteroatoms. The number of carbonyl (C=O) groups is 2. The smallest absolute Gasteiger partial charge is 0.264 e. The Bertz CT molecular complexity index is 1720. The van der Waals surface area contributed by atoms with Gasteiger partial charge >= 0.3 is 0 Å². The fourth-order valence-electron chi connectivity index (χ4n) is 4.81. The molecule has 1 atom stereocenters. The van der Waals surface area contributed by atoms with Gasteiger partial charge in [0.05, 0.1) is 10.6 Å². The molecule has 7 nitrogen and oxygen atoms in total. The lowest BCUT2D eigenvalue weighted by atomic mass is 10.0. The van der Waals surface area contributed by atoms with Gasteiger partial charge in [-0.05, 0) is 73.0 Å². The van der Waals surface area contributed by atoms with Gasteiger partial charge in [0.2, 0.25) is 11.8 Å². The molecule has 44 heavy (non-hydrogen) atoms. The molecular formula is C33H32Cl3N3O4S. The Morgan fingerprint density at radius 1 is 0.841 bits per heavy atom. The molecule has 0 aromatic heterocycles. The lowest BCUT2D eigenvalue weighted by molar-refractivity contribution is -0.140. The second-order valence-electron chi connectivity index (χ2n) is 10.1. The van der Waals surface area contributed by atoms with E-state index in [1.54, 1.807) is 68.4 Å². The summed E-state index contributed by atoms with van der Waals surface area (Å²) in [6.07, 6.45) is 0.190. The highest BCUT2D eigenvalue weighted by atomic mass is 35.5. The Balaban J connectivity index is 1.83. The summed E-state index contributed by atoms with van der Waals surface area (Å²) in [5, 5.41) is 3.99. The van der Waals surface area contributed by atoms with Gasteiger partial charge < -0.3 is 10.2 Å². The highest BCUT2D eigenvalue weighted by Crippen LogP contribution is 2.30. The molecule has 0 aliphatic rings. The fourth-order valence-corrected chi connectivity index (χ4v) is 7.01. The van der Waals surface area contributed by atoms with Gasteiger partial charge in [-0.1, -0.05) is 89.4 Å². The summed E-state index contributed by atoms with van der Waals surface area (Å²) in [5.41, 5.74) is 2.22. The van der Waals surface area contributed by atoms with Gasteiger partial charge in [-0.15, -0.1) is 0 Å². The van der Waals surface area contributed by atoms with Crippen LogP contribution in [0.15, 0.2) is 102 Å². The van der Waals surface area contributed by atoms with Gasteiger partial charge in [0, 0.05) is 34.6 Å². The first-order valence-corrected chi connectivity index (χ1v) is 16.5. The Kier molecular flexibility index (Phi) is 11.3. The van der Waals surface area contributed by atoms with Crippen molar-refractivity contribution in [1.29, 1.82) is 0 Å². The summed E-state index contributed by atoms with van der Waals surface area (Å²) in [6.45, 7) is 3.19. The van der Waals surface area contributed by atoms with Crippen LogP contribution in [0.5, 0.6) is 0 Å². The van der Waals surface area contributed by atoms with Gasteiger partial charge in [0.25, 0.3) is 10.0 Å². The van der Waals surface area contributed by atoms with Crippen LogP contribution in [0.4, 0.5) is 5.69 Å². The largest absolute Gasteiger partial charge is 0.355 e. The molecule has 0 spiro atoms. The minimum absolute atomic E-state index is 0.0130. The SMILES string of the molecule is CCNC(=O)[C@H](Cc1ccccc1)N(Cc1ccc(Cl)cc1Cl)C(=O)CN(c1ccc(Cl)cc1C)S(=O)(=O)c1ccccc1. The van der Waals surface area contributed by atoms with E-state index in [1.807, 2.05) is 30.3 Å². The normalized spacial score (nSPS) is 11.9. The van der Waals surface area contributed by atoms with Crippen molar-refractivity contribution in [2.75, 3.05) is 17.4 Å². The van der Waals surface area contributed by atoms with Gasteiger partial charge in [-0.3, -0.25) is 13.9 Å². The second-order valence-corrected chi connectivity index (χ2v) is 13.3. The van der Waals surface area contributed by atoms with Crippen LogP contribution in [0.25, 0.3) is 0 Å². The zero-order valence-electron chi connectivity index (χ0n) is 24.2. The Morgan fingerprint density at radius 2 is 1.45 bits per heavy atom. The van der Waals surface area contributed by atoms with E-state index in [2.05, 4.69) is 5.32 Å². The maximum Gasteiger partial charge on any atom is 0.264 e. The van der Waals surface area contributed by atoms with E-state index in [0.29, 0.717) is 32.7 Å². The molecule has 0 aliphatic carbocycles. The molecule has 1 N–H and O–H groups in total. The zero-order valence-corrected chi connectivity index (χ0v) is 27.3. The zero-order chi connectivity index (χ0) is 31.9. The van der Waals surface area contributed by atoms with E-state index >= 15 is 0 Å². The van der Waals surface area contributed by atoms with E-state index < -0.39 is 28.5 Å². The average Bonchev–Trinajstić information content (AvgIpc) is 3.00. The predicted octanol–water partition coefficient (Wildman–Crippen LogP) is 6.93. The van der Waals surface area contributed by atoms with E-state index in [4.69, 9.17) is 34.8 Å². The molecule has 0 fully saturated rings. The highest BCUT2D eigenvalue weighted by molar-refractivity contribution is 7.92. The molecular weight excluding hydrogens is 641 g/mol. The monoisotopic (exact) mass is 671 g/mol. The van der Waals surface area contributed by atoms with Crippen LogP contribution >= 0.6 is 34.8 Å². The number of sulfonamides is 1. The van der Waals surface area contributed by atoms with Crippen molar-refractivity contribution in [1.82, 2.24) is 10.2 Å².